The molecule has 1 atom stereocenters. The fourth-order valence-corrected chi connectivity index (χ4v) is 3.26. The van der Waals surface area contributed by atoms with Crippen LogP contribution in [0.1, 0.15) is 30.5 Å². The molecule has 1 aliphatic heterocycles. The fourth-order valence-electron chi connectivity index (χ4n) is 3.26. The Bertz CT molecular complexity index is 579. The van der Waals surface area contributed by atoms with Crippen LogP contribution in [0.5, 0.6) is 0 Å². The Morgan fingerprint density at radius 3 is 2.80 bits per heavy atom. The predicted octanol–water partition coefficient (Wildman–Crippen LogP) is 0.287. The van der Waals surface area contributed by atoms with E-state index >= 15 is 0 Å². The maximum absolute atomic E-state index is 12.1. The summed E-state index contributed by atoms with van der Waals surface area (Å²) in [4.78, 5) is 25.6. The van der Waals surface area contributed by atoms with Crippen molar-refractivity contribution in [2.45, 2.75) is 44.7 Å². The highest BCUT2D eigenvalue weighted by molar-refractivity contribution is 5.77. The number of amides is 1. The molecule has 2 N–H and O–H groups in total. The van der Waals surface area contributed by atoms with E-state index in [4.69, 9.17) is 5.73 Å². The van der Waals surface area contributed by atoms with E-state index in [0.29, 0.717) is 19.5 Å². The molecule has 1 saturated heterocycles. The van der Waals surface area contributed by atoms with Crippen LogP contribution in [0.25, 0.3) is 0 Å². The largest absolute Gasteiger partial charge is 0.341 e. The van der Waals surface area contributed by atoms with Gasteiger partial charge >= 0.3 is 0 Å². The number of pyridine rings is 1. The first-order valence-corrected chi connectivity index (χ1v) is 7.40. The van der Waals surface area contributed by atoms with E-state index in [1.54, 1.807) is 6.07 Å². The number of carbonyl (C=O) groups is 1. The maximum atomic E-state index is 12.1. The first-order chi connectivity index (χ1) is 9.65. The summed E-state index contributed by atoms with van der Waals surface area (Å²) in [5.74, 6) is 0.213. The Morgan fingerprint density at radius 1 is 1.20 bits per heavy atom. The molecule has 0 saturated carbocycles. The Hall–Kier alpha value is -1.62. The Balaban J connectivity index is 1.80. The smallest absolute Gasteiger partial charge is 0.250 e. The molecule has 0 radical (unpaired) electrons. The van der Waals surface area contributed by atoms with Gasteiger partial charge in [0.05, 0.1) is 0 Å². The summed E-state index contributed by atoms with van der Waals surface area (Å²) in [6.45, 7) is 2.07. The van der Waals surface area contributed by atoms with Crippen molar-refractivity contribution in [2.75, 3.05) is 13.1 Å². The van der Waals surface area contributed by atoms with Crippen molar-refractivity contribution in [3.8, 4) is 0 Å². The van der Waals surface area contributed by atoms with Gasteiger partial charge in [-0.1, -0.05) is 6.07 Å². The van der Waals surface area contributed by atoms with Crippen molar-refractivity contribution in [2.24, 2.45) is 5.73 Å². The molecule has 5 heteroatoms. The normalized spacial score (nSPS) is 22.1. The third-order valence-corrected chi connectivity index (χ3v) is 4.39. The molecule has 1 fully saturated rings. The summed E-state index contributed by atoms with van der Waals surface area (Å²) in [7, 11) is 0. The number of aromatic nitrogens is 1. The molecule has 0 spiro atoms. The predicted molar refractivity (Wildman–Crippen MR) is 76.5 cm³/mol. The molecule has 1 aliphatic carbocycles. The van der Waals surface area contributed by atoms with Crippen LogP contribution in [0.4, 0.5) is 0 Å². The van der Waals surface area contributed by atoms with E-state index in [0.717, 1.165) is 37.9 Å². The van der Waals surface area contributed by atoms with Crippen molar-refractivity contribution in [1.29, 1.82) is 0 Å². The van der Waals surface area contributed by atoms with Crippen LogP contribution in [-0.2, 0) is 24.2 Å². The number of fused-ring (bicyclic) bond motifs is 1. The van der Waals surface area contributed by atoms with E-state index in [1.165, 1.54) is 5.56 Å². The van der Waals surface area contributed by atoms with Crippen LogP contribution >= 0.6 is 0 Å². The number of likely N-dealkylation sites (tertiary alicyclic amines) is 1. The van der Waals surface area contributed by atoms with Crippen LogP contribution in [0.15, 0.2) is 16.9 Å². The lowest BCUT2D eigenvalue weighted by Crippen LogP contribution is -2.36. The van der Waals surface area contributed by atoms with Gasteiger partial charge in [0.25, 0.3) is 5.56 Å². The molecule has 1 aromatic heterocycles. The van der Waals surface area contributed by atoms with E-state index in [1.807, 2.05) is 15.5 Å². The van der Waals surface area contributed by atoms with Crippen LogP contribution in [0.2, 0.25) is 0 Å². The molecule has 3 rings (SSSR count). The number of rotatable bonds is 3. The van der Waals surface area contributed by atoms with Crippen molar-refractivity contribution < 1.29 is 4.79 Å². The van der Waals surface area contributed by atoms with Gasteiger partial charge < -0.3 is 15.2 Å². The van der Waals surface area contributed by atoms with Crippen molar-refractivity contribution in [3.63, 3.8) is 0 Å². The van der Waals surface area contributed by atoms with E-state index in [2.05, 4.69) is 0 Å². The number of nitrogens with zero attached hydrogens (tertiary/aromatic N) is 2. The first kappa shape index (κ1) is 13.4. The number of hydrogen-bond donors (Lipinski definition) is 1. The molecule has 1 aromatic rings. The van der Waals surface area contributed by atoms with E-state index in [-0.39, 0.29) is 17.5 Å². The second kappa shape index (κ2) is 5.40. The van der Waals surface area contributed by atoms with Gasteiger partial charge in [-0.15, -0.1) is 0 Å². The lowest BCUT2D eigenvalue weighted by molar-refractivity contribution is -0.127. The van der Waals surface area contributed by atoms with Crippen LogP contribution in [0, 0.1) is 0 Å². The maximum Gasteiger partial charge on any atom is 0.250 e. The molecule has 0 unspecified atom stereocenters. The van der Waals surface area contributed by atoms with Gasteiger partial charge in [0, 0.05) is 43.9 Å². The van der Waals surface area contributed by atoms with E-state index < -0.39 is 0 Å². The molecule has 20 heavy (non-hydrogen) atoms. The number of carbonyl (C=O) groups excluding carboxylic acids is 1. The fraction of sp³-hybridized carbons (Fsp3) is 0.600. The van der Waals surface area contributed by atoms with Crippen molar-refractivity contribution >= 4 is 5.91 Å². The molecule has 5 nitrogen and oxygen atoms in total. The Morgan fingerprint density at radius 2 is 2.05 bits per heavy atom. The minimum Gasteiger partial charge on any atom is -0.341 e. The zero-order valence-corrected chi connectivity index (χ0v) is 11.7. The zero-order chi connectivity index (χ0) is 14.1. The molecule has 2 heterocycles. The molecule has 1 amide bonds. The quantitative estimate of drug-likeness (QED) is 0.862. The standard InChI is InChI=1S/C15H21N3O2/c16-12-4-5-13-11(10-12)3-6-15(20)18(13)9-8-17-7-1-2-14(17)19/h3,6,12H,1-2,4-5,7-10,16H2/t12-/m1/s1. The highest BCUT2D eigenvalue weighted by Gasteiger charge is 2.22. The van der Waals surface area contributed by atoms with Crippen LogP contribution in [0.3, 0.4) is 0 Å². The van der Waals surface area contributed by atoms with Crippen molar-refractivity contribution in [3.05, 3.63) is 33.7 Å². The van der Waals surface area contributed by atoms with Gasteiger partial charge in [-0.25, -0.2) is 0 Å². The molecular weight excluding hydrogens is 254 g/mol. The second-order valence-electron chi connectivity index (χ2n) is 5.78. The minimum atomic E-state index is 0.0332. The zero-order valence-electron chi connectivity index (χ0n) is 11.7. The highest BCUT2D eigenvalue weighted by Crippen LogP contribution is 2.19. The lowest BCUT2D eigenvalue weighted by atomic mass is 9.92. The third kappa shape index (κ3) is 2.50. The summed E-state index contributed by atoms with van der Waals surface area (Å²) in [6.07, 6.45) is 4.23. The van der Waals surface area contributed by atoms with Crippen LogP contribution < -0.4 is 11.3 Å². The SMILES string of the molecule is N[C@@H]1CCc2c(ccc(=O)n2CCN2CCCC2=O)C1. The molecule has 0 bridgehead atoms. The first-order valence-electron chi connectivity index (χ1n) is 7.40. The average Bonchev–Trinajstić information content (AvgIpc) is 2.83. The number of nitrogens with two attached hydrogens (primary N) is 1. The topological polar surface area (TPSA) is 68.3 Å². The van der Waals surface area contributed by atoms with Gasteiger partial charge in [-0.05, 0) is 31.2 Å². The molecule has 2 aliphatic rings. The summed E-state index contributed by atoms with van der Waals surface area (Å²) < 4.78 is 1.84. The summed E-state index contributed by atoms with van der Waals surface area (Å²) >= 11 is 0. The Labute approximate surface area is 118 Å². The molecule has 108 valence electrons. The van der Waals surface area contributed by atoms with Gasteiger partial charge in [0.2, 0.25) is 5.91 Å². The minimum absolute atomic E-state index is 0.0332. The summed E-state index contributed by atoms with van der Waals surface area (Å²) in [5, 5.41) is 0. The van der Waals surface area contributed by atoms with Gasteiger partial charge in [-0.2, -0.15) is 0 Å². The highest BCUT2D eigenvalue weighted by atomic mass is 16.2. The van der Waals surface area contributed by atoms with E-state index in [9.17, 15) is 9.59 Å². The monoisotopic (exact) mass is 275 g/mol. The summed E-state index contributed by atoms with van der Waals surface area (Å²) in [6, 6.07) is 3.74. The van der Waals surface area contributed by atoms with Crippen LogP contribution in [-0.4, -0.2) is 34.5 Å². The van der Waals surface area contributed by atoms with Gasteiger partial charge in [0.15, 0.2) is 0 Å². The number of hydrogen-bond acceptors (Lipinski definition) is 3. The Kier molecular flexibility index (Phi) is 3.61. The van der Waals surface area contributed by atoms with Crippen molar-refractivity contribution in [1.82, 2.24) is 9.47 Å². The third-order valence-electron chi connectivity index (χ3n) is 4.39. The second-order valence-corrected chi connectivity index (χ2v) is 5.78. The van der Waals surface area contributed by atoms with Gasteiger partial charge in [-0.3, -0.25) is 9.59 Å². The molecule has 0 aromatic carbocycles. The lowest BCUT2D eigenvalue weighted by Gasteiger charge is -2.25. The molecular formula is C15H21N3O2. The summed E-state index contributed by atoms with van der Waals surface area (Å²) in [5.41, 5.74) is 8.33. The van der Waals surface area contributed by atoms with Gasteiger partial charge in [0.1, 0.15) is 0 Å². The average molecular weight is 275 g/mol.